The maximum atomic E-state index is 12.2. The summed E-state index contributed by atoms with van der Waals surface area (Å²) in [7, 11) is -3.25. The predicted octanol–water partition coefficient (Wildman–Crippen LogP) is 2.12. The highest BCUT2D eigenvalue weighted by Gasteiger charge is 2.43. The van der Waals surface area contributed by atoms with Gasteiger partial charge in [0.15, 0.2) is 9.84 Å². The van der Waals surface area contributed by atoms with Crippen LogP contribution in [0.15, 0.2) is 29.2 Å². The molecule has 0 amide bonds. The Bertz CT molecular complexity index is 657. The molecule has 1 fully saturated rings. The van der Waals surface area contributed by atoms with Gasteiger partial charge in [0.2, 0.25) is 0 Å². The molecule has 4 nitrogen and oxygen atoms in total. The van der Waals surface area contributed by atoms with Crippen molar-refractivity contribution in [3.63, 3.8) is 0 Å². The average molecular weight is 290 g/mol. The van der Waals surface area contributed by atoms with Crippen LogP contribution in [0.4, 0.5) is 0 Å². The molecule has 106 valence electrons. The average Bonchev–Trinajstić information content (AvgIpc) is 2.96. The van der Waals surface area contributed by atoms with Gasteiger partial charge in [-0.1, -0.05) is 31.0 Å². The van der Waals surface area contributed by atoms with Gasteiger partial charge in [-0.2, -0.15) is 5.26 Å². The molecule has 1 heterocycles. The minimum absolute atomic E-state index is 0.0390. The Morgan fingerprint density at radius 3 is 2.65 bits per heavy atom. The Labute approximate surface area is 119 Å². The van der Waals surface area contributed by atoms with Gasteiger partial charge >= 0.3 is 0 Å². The summed E-state index contributed by atoms with van der Waals surface area (Å²) in [5, 5.41) is 13.2. The van der Waals surface area contributed by atoms with E-state index in [2.05, 4.69) is 11.4 Å². The van der Waals surface area contributed by atoms with E-state index in [0.29, 0.717) is 22.9 Å². The second-order valence-corrected chi connectivity index (χ2v) is 7.79. The number of nitrogens with one attached hydrogen (secondary N) is 1. The second kappa shape index (κ2) is 4.87. The third-order valence-electron chi connectivity index (χ3n) is 4.42. The van der Waals surface area contributed by atoms with Gasteiger partial charge in [-0.15, -0.1) is 0 Å². The summed E-state index contributed by atoms with van der Waals surface area (Å²) in [5.74, 6) is 0.0390. The number of rotatable bonds is 2. The Hall–Kier alpha value is -1.38. The highest BCUT2D eigenvalue weighted by molar-refractivity contribution is 7.91. The van der Waals surface area contributed by atoms with Gasteiger partial charge in [0, 0.05) is 11.6 Å². The summed E-state index contributed by atoms with van der Waals surface area (Å²) in [6.45, 7) is 0. The van der Waals surface area contributed by atoms with Crippen LogP contribution in [0.25, 0.3) is 0 Å². The van der Waals surface area contributed by atoms with Crippen LogP contribution in [0.5, 0.6) is 0 Å². The molecule has 1 aromatic rings. The summed E-state index contributed by atoms with van der Waals surface area (Å²) in [6.07, 6.45) is 4.83. The molecule has 1 aromatic carbocycles. The van der Waals surface area contributed by atoms with Crippen LogP contribution in [0, 0.1) is 11.3 Å². The quantitative estimate of drug-likeness (QED) is 0.905. The molecule has 1 aliphatic heterocycles. The second-order valence-electron chi connectivity index (χ2n) is 5.71. The smallest absolute Gasteiger partial charge is 0.178 e. The lowest BCUT2D eigenvalue weighted by molar-refractivity contribution is 0.342. The molecule has 20 heavy (non-hydrogen) atoms. The lowest BCUT2D eigenvalue weighted by Gasteiger charge is -2.36. The number of fused-ring (bicyclic) bond motifs is 1. The molecular weight excluding hydrogens is 272 g/mol. The maximum absolute atomic E-state index is 12.2. The molecule has 3 rings (SSSR count). The zero-order valence-corrected chi connectivity index (χ0v) is 12.1. The molecule has 0 aromatic heterocycles. The zero-order chi connectivity index (χ0) is 14.2. The summed E-state index contributed by atoms with van der Waals surface area (Å²) < 4.78 is 24.4. The van der Waals surface area contributed by atoms with Crippen LogP contribution in [0.1, 0.15) is 37.7 Å². The van der Waals surface area contributed by atoms with Crippen LogP contribution < -0.4 is 5.32 Å². The van der Waals surface area contributed by atoms with Crippen molar-refractivity contribution in [3.8, 4) is 6.07 Å². The third-order valence-corrected chi connectivity index (χ3v) is 6.19. The summed E-state index contributed by atoms with van der Waals surface area (Å²) in [4.78, 5) is 0.318. The minimum Gasteiger partial charge on any atom is -0.293 e. The Balaban J connectivity index is 2.06. The molecule has 1 atom stereocenters. The monoisotopic (exact) mass is 290 g/mol. The molecule has 5 heteroatoms. The fourth-order valence-electron chi connectivity index (χ4n) is 3.34. The molecule has 2 aliphatic rings. The topological polar surface area (TPSA) is 70.0 Å². The van der Waals surface area contributed by atoms with E-state index in [1.807, 2.05) is 6.07 Å². The molecule has 1 N–H and O–H groups in total. The molecule has 1 aliphatic carbocycles. The van der Waals surface area contributed by atoms with Crippen molar-refractivity contribution in [2.45, 2.75) is 48.6 Å². The van der Waals surface area contributed by atoms with E-state index in [1.165, 1.54) is 12.8 Å². The van der Waals surface area contributed by atoms with E-state index in [-0.39, 0.29) is 5.75 Å². The van der Waals surface area contributed by atoms with E-state index in [0.717, 1.165) is 12.8 Å². The Morgan fingerprint density at radius 1 is 1.25 bits per heavy atom. The van der Waals surface area contributed by atoms with Crippen molar-refractivity contribution in [2.75, 3.05) is 5.75 Å². The van der Waals surface area contributed by atoms with Gasteiger partial charge in [0.1, 0.15) is 5.54 Å². The number of hydrogen-bond donors (Lipinski definition) is 1. The van der Waals surface area contributed by atoms with Gasteiger partial charge in [-0.3, -0.25) is 5.32 Å². The van der Waals surface area contributed by atoms with Crippen molar-refractivity contribution in [2.24, 2.45) is 0 Å². The molecule has 0 spiro atoms. The van der Waals surface area contributed by atoms with Crippen molar-refractivity contribution in [1.29, 1.82) is 5.26 Å². The zero-order valence-electron chi connectivity index (χ0n) is 11.3. The first-order chi connectivity index (χ1) is 9.57. The van der Waals surface area contributed by atoms with Crippen molar-refractivity contribution in [1.82, 2.24) is 5.32 Å². The number of hydrogen-bond acceptors (Lipinski definition) is 4. The van der Waals surface area contributed by atoms with Crippen LogP contribution in [-0.2, 0) is 15.4 Å². The first-order valence-electron chi connectivity index (χ1n) is 7.09. The van der Waals surface area contributed by atoms with Gasteiger partial charge in [0.05, 0.1) is 16.7 Å². The standard InChI is InChI=1S/C15H18N2O2S/c16-11-15(17-12-5-1-2-6-12)9-10-20(18,19)14-8-4-3-7-13(14)15/h3-4,7-8,12,17H,1-2,5-6,9-10H2. The van der Waals surface area contributed by atoms with Gasteiger partial charge in [-0.25, -0.2) is 8.42 Å². The van der Waals surface area contributed by atoms with Gasteiger partial charge < -0.3 is 0 Å². The Morgan fingerprint density at radius 2 is 1.95 bits per heavy atom. The van der Waals surface area contributed by atoms with E-state index >= 15 is 0 Å². The SMILES string of the molecule is N#CC1(NC2CCCC2)CCS(=O)(=O)c2ccccc21. The first-order valence-corrected chi connectivity index (χ1v) is 8.74. The first kappa shape index (κ1) is 13.6. The highest BCUT2D eigenvalue weighted by atomic mass is 32.2. The number of sulfone groups is 1. The molecular formula is C15H18N2O2S. The van der Waals surface area contributed by atoms with Gasteiger partial charge in [0.25, 0.3) is 0 Å². The van der Waals surface area contributed by atoms with E-state index < -0.39 is 15.4 Å². The van der Waals surface area contributed by atoms with Crippen LogP contribution in [-0.4, -0.2) is 20.2 Å². The summed E-state index contributed by atoms with van der Waals surface area (Å²) in [6, 6.07) is 9.61. The van der Waals surface area contributed by atoms with Gasteiger partial charge in [-0.05, 0) is 25.3 Å². The largest absolute Gasteiger partial charge is 0.293 e. The summed E-state index contributed by atoms with van der Waals surface area (Å²) in [5.41, 5.74) is -0.225. The molecule has 1 unspecified atom stereocenters. The normalized spacial score (nSPS) is 28.8. The minimum atomic E-state index is -3.25. The highest BCUT2D eigenvalue weighted by Crippen LogP contribution is 2.38. The number of nitriles is 1. The molecule has 0 bridgehead atoms. The van der Waals surface area contributed by atoms with Crippen LogP contribution in [0.2, 0.25) is 0 Å². The Kier molecular flexibility index (Phi) is 3.31. The number of benzene rings is 1. The predicted molar refractivity (Wildman–Crippen MR) is 75.8 cm³/mol. The van der Waals surface area contributed by atoms with E-state index in [4.69, 9.17) is 0 Å². The van der Waals surface area contributed by atoms with E-state index in [9.17, 15) is 13.7 Å². The van der Waals surface area contributed by atoms with Crippen molar-refractivity contribution < 1.29 is 8.42 Å². The third kappa shape index (κ3) is 2.13. The fourth-order valence-corrected chi connectivity index (χ4v) is 5.00. The van der Waals surface area contributed by atoms with Crippen molar-refractivity contribution >= 4 is 9.84 Å². The van der Waals surface area contributed by atoms with Crippen LogP contribution >= 0.6 is 0 Å². The van der Waals surface area contributed by atoms with E-state index in [1.54, 1.807) is 18.2 Å². The molecule has 0 radical (unpaired) electrons. The lowest BCUT2D eigenvalue weighted by Crippen LogP contribution is -2.50. The molecule has 1 saturated carbocycles. The van der Waals surface area contributed by atoms with Crippen LogP contribution in [0.3, 0.4) is 0 Å². The lowest BCUT2D eigenvalue weighted by atomic mass is 9.87. The van der Waals surface area contributed by atoms with Crippen molar-refractivity contribution in [3.05, 3.63) is 29.8 Å². The summed E-state index contributed by atoms with van der Waals surface area (Å²) >= 11 is 0. The fraction of sp³-hybridized carbons (Fsp3) is 0.533. The maximum Gasteiger partial charge on any atom is 0.178 e. The number of nitrogens with zero attached hydrogens (tertiary/aromatic N) is 1. The molecule has 0 saturated heterocycles.